The van der Waals surface area contributed by atoms with E-state index in [0.717, 1.165) is 0 Å². The van der Waals surface area contributed by atoms with E-state index in [1.165, 1.54) is 12.8 Å². The molecule has 2 atom stereocenters. The number of thiol groups is 1. The Balaban J connectivity index is 2.47. The van der Waals surface area contributed by atoms with Gasteiger partial charge in [-0.3, -0.25) is 0 Å². The molecule has 0 aromatic carbocycles. The first-order valence-electron chi connectivity index (χ1n) is 3.15. The van der Waals surface area contributed by atoms with Crippen LogP contribution in [0.1, 0.15) is 19.8 Å². The van der Waals surface area contributed by atoms with Gasteiger partial charge in [0.15, 0.2) is 0 Å². The highest BCUT2D eigenvalue weighted by molar-refractivity contribution is 7.81. The van der Waals surface area contributed by atoms with Crippen molar-refractivity contribution in [3.05, 3.63) is 12.2 Å². The Bertz CT molecular complexity index is 96.6. The Morgan fingerprint density at radius 1 is 1.62 bits per heavy atom. The van der Waals surface area contributed by atoms with E-state index in [2.05, 4.69) is 31.7 Å². The van der Waals surface area contributed by atoms with Crippen molar-refractivity contribution in [1.82, 2.24) is 0 Å². The van der Waals surface area contributed by atoms with Gasteiger partial charge in [-0.05, 0) is 18.8 Å². The first kappa shape index (κ1) is 6.21. The Labute approximate surface area is 56.4 Å². The van der Waals surface area contributed by atoms with Gasteiger partial charge in [-0.15, -0.1) is 0 Å². The highest BCUT2D eigenvalue weighted by atomic mass is 32.1. The summed E-state index contributed by atoms with van der Waals surface area (Å²) < 4.78 is 0. The Hall–Kier alpha value is 0.0900. The molecule has 0 spiro atoms. The highest BCUT2D eigenvalue weighted by Gasteiger charge is 2.11. The van der Waals surface area contributed by atoms with Gasteiger partial charge in [-0.25, -0.2) is 0 Å². The summed E-state index contributed by atoms with van der Waals surface area (Å²) in [6.07, 6.45) is 6.97. The molecule has 0 aliphatic heterocycles. The molecule has 0 aromatic heterocycles. The van der Waals surface area contributed by atoms with Crippen LogP contribution in [0.3, 0.4) is 0 Å². The number of hydrogen-bond acceptors (Lipinski definition) is 1. The molecule has 0 heterocycles. The van der Waals surface area contributed by atoms with Crippen molar-refractivity contribution in [2.24, 2.45) is 5.92 Å². The summed E-state index contributed by atoms with van der Waals surface area (Å²) in [4.78, 5) is 0. The van der Waals surface area contributed by atoms with E-state index in [1.807, 2.05) is 0 Å². The molecular formula is C7H12S. The fraction of sp³-hybridized carbons (Fsp3) is 0.714. The van der Waals surface area contributed by atoms with Gasteiger partial charge in [0.05, 0.1) is 0 Å². The van der Waals surface area contributed by atoms with Crippen molar-refractivity contribution in [3.63, 3.8) is 0 Å². The second-order valence-electron chi connectivity index (χ2n) is 2.43. The molecule has 0 aromatic rings. The maximum Gasteiger partial charge on any atom is 0.00799 e. The minimum absolute atomic E-state index is 0.611. The van der Waals surface area contributed by atoms with Crippen molar-refractivity contribution in [2.75, 3.05) is 0 Å². The van der Waals surface area contributed by atoms with E-state index in [1.54, 1.807) is 0 Å². The number of rotatable bonds is 0. The smallest absolute Gasteiger partial charge is 0.00799 e. The fourth-order valence-corrected chi connectivity index (χ4v) is 1.22. The summed E-state index contributed by atoms with van der Waals surface area (Å²) in [5.74, 6) is 0.687. The summed E-state index contributed by atoms with van der Waals surface area (Å²) in [5.41, 5.74) is 0. The van der Waals surface area contributed by atoms with Crippen LogP contribution in [-0.2, 0) is 0 Å². The molecule has 0 N–H and O–H groups in total. The van der Waals surface area contributed by atoms with Crippen LogP contribution in [0.2, 0.25) is 0 Å². The lowest BCUT2D eigenvalue weighted by molar-refractivity contribution is 0.606. The Morgan fingerprint density at radius 2 is 2.38 bits per heavy atom. The van der Waals surface area contributed by atoms with Gasteiger partial charge in [0.25, 0.3) is 0 Å². The molecule has 8 heavy (non-hydrogen) atoms. The average Bonchev–Trinajstić information content (AvgIpc) is 1.77. The lowest BCUT2D eigenvalue weighted by atomic mass is 9.97. The molecule has 0 radical (unpaired) electrons. The zero-order valence-electron chi connectivity index (χ0n) is 5.17. The van der Waals surface area contributed by atoms with Crippen LogP contribution in [-0.4, -0.2) is 5.25 Å². The van der Waals surface area contributed by atoms with Gasteiger partial charge >= 0.3 is 0 Å². The normalized spacial score (nSPS) is 37.8. The molecule has 0 bridgehead atoms. The van der Waals surface area contributed by atoms with Crippen molar-refractivity contribution in [1.29, 1.82) is 0 Å². The largest absolute Gasteiger partial charge is 0.175 e. The summed E-state index contributed by atoms with van der Waals surface area (Å²) in [6, 6.07) is 0. The third-order valence-corrected chi connectivity index (χ3v) is 2.40. The summed E-state index contributed by atoms with van der Waals surface area (Å²) in [6.45, 7) is 2.22. The first-order chi connectivity index (χ1) is 3.80. The maximum absolute atomic E-state index is 4.40. The van der Waals surface area contributed by atoms with Crippen molar-refractivity contribution >= 4 is 12.6 Å². The zero-order chi connectivity index (χ0) is 5.98. The fourth-order valence-electron chi connectivity index (χ4n) is 0.969. The maximum atomic E-state index is 4.40. The van der Waals surface area contributed by atoms with E-state index in [9.17, 15) is 0 Å². The monoisotopic (exact) mass is 128 g/mol. The molecule has 1 rings (SSSR count). The molecule has 0 amide bonds. The van der Waals surface area contributed by atoms with Crippen LogP contribution >= 0.6 is 12.6 Å². The van der Waals surface area contributed by atoms with Gasteiger partial charge in [-0.1, -0.05) is 19.1 Å². The van der Waals surface area contributed by atoms with Crippen LogP contribution in [0.25, 0.3) is 0 Å². The van der Waals surface area contributed by atoms with Gasteiger partial charge in [0.2, 0.25) is 0 Å². The van der Waals surface area contributed by atoms with Crippen LogP contribution < -0.4 is 0 Å². The molecule has 0 saturated carbocycles. The van der Waals surface area contributed by atoms with Gasteiger partial charge in [0.1, 0.15) is 0 Å². The van der Waals surface area contributed by atoms with E-state index in [0.29, 0.717) is 11.2 Å². The van der Waals surface area contributed by atoms with Gasteiger partial charge in [0, 0.05) is 5.25 Å². The van der Waals surface area contributed by atoms with Crippen LogP contribution in [0.15, 0.2) is 12.2 Å². The molecule has 2 unspecified atom stereocenters. The van der Waals surface area contributed by atoms with Gasteiger partial charge in [-0.2, -0.15) is 12.6 Å². The first-order valence-corrected chi connectivity index (χ1v) is 3.67. The van der Waals surface area contributed by atoms with Crippen LogP contribution in [0.5, 0.6) is 0 Å². The third-order valence-electron chi connectivity index (χ3n) is 1.68. The summed E-state index contributed by atoms with van der Waals surface area (Å²) in [7, 11) is 0. The molecule has 0 saturated heterocycles. The zero-order valence-corrected chi connectivity index (χ0v) is 6.07. The predicted molar refractivity (Wildman–Crippen MR) is 40.3 cm³/mol. The molecule has 1 aliphatic rings. The predicted octanol–water partition coefficient (Wildman–Crippen LogP) is 2.27. The quantitative estimate of drug-likeness (QED) is 0.375. The van der Waals surface area contributed by atoms with Gasteiger partial charge < -0.3 is 0 Å². The molecule has 0 nitrogen and oxygen atoms in total. The lowest BCUT2D eigenvalue weighted by Crippen LogP contribution is -2.11. The van der Waals surface area contributed by atoms with Crippen molar-refractivity contribution in [2.45, 2.75) is 25.0 Å². The average molecular weight is 128 g/mol. The van der Waals surface area contributed by atoms with Crippen molar-refractivity contribution in [3.8, 4) is 0 Å². The molecule has 0 fully saturated rings. The summed E-state index contributed by atoms with van der Waals surface area (Å²) >= 11 is 4.40. The van der Waals surface area contributed by atoms with Crippen LogP contribution in [0, 0.1) is 5.92 Å². The lowest BCUT2D eigenvalue weighted by Gasteiger charge is -2.18. The molecule has 1 heteroatoms. The summed E-state index contributed by atoms with van der Waals surface area (Å²) in [5, 5.41) is 0.611. The van der Waals surface area contributed by atoms with E-state index >= 15 is 0 Å². The number of allylic oxidation sites excluding steroid dienone is 2. The second kappa shape index (κ2) is 2.58. The molecule has 46 valence electrons. The Kier molecular flexibility index (Phi) is 2.01. The van der Waals surface area contributed by atoms with Crippen LogP contribution in [0.4, 0.5) is 0 Å². The SMILES string of the molecule is CC1C=CCCC1S. The molecular weight excluding hydrogens is 116 g/mol. The van der Waals surface area contributed by atoms with E-state index in [4.69, 9.17) is 0 Å². The third kappa shape index (κ3) is 1.28. The Morgan fingerprint density at radius 3 is 2.75 bits per heavy atom. The van der Waals surface area contributed by atoms with E-state index < -0.39 is 0 Å². The molecule has 1 aliphatic carbocycles. The van der Waals surface area contributed by atoms with E-state index in [-0.39, 0.29) is 0 Å². The van der Waals surface area contributed by atoms with Crippen molar-refractivity contribution < 1.29 is 0 Å². The number of hydrogen-bond donors (Lipinski definition) is 1. The highest BCUT2D eigenvalue weighted by Crippen LogP contribution is 2.21. The topological polar surface area (TPSA) is 0 Å². The second-order valence-corrected chi connectivity index (χ2v) is 3.10. The minimum Gasteiger partial charge on any atom is -0.175 e. The minimum atomic E-state index is 0.611. The standard InChI is InChI=1S/C7H12S/c1-6-4-2-3-5-7(6)8/h2,4,6-8H,3,5H2,1H3.